The number of aromatic nitrogens is 1. The van der Waals surface area contributed by atoms with E-state index in [0.717, 1.165) is 0 Å². The number of hydrogen-bond donors (Lipinski definition) is 1. The molecule has 0 bridgehead atoms. The maximum Gasteiger partial charge on any atom is 0.326 e. The normalized spacial score (nSPS) is 22.5. The number of methoxy groups -OCH3 is 1. The van der Waals surface area contributed by atoms with Crippen molar-refractivity contribution >= 4 is 17.5 Å². The molecule has 1 fully saturated rings. The number of nitro groups is 1. The van der Waals surface area contributed by atoms with Crippen molar-refractivity contribution in [2.75, 3.05) is 18.6 Å². The summed E-state index contributed by atoms with van der Waals surface area (Å²) >= 11 is 0. The Hall–Kier alpha value is -2.22. The molecule has 19 heavy (non-hydrogen) atoms. The molecule has 8 nitrogen and oxygen atoms in total. The third kappa shape index (κ3) is 2.63. The molecule has 0 radical (unpaired) electrons. The standard InChI is InChI=1S/C11H13N3O5/c1-19-8-5-9(11(15)16)13(6-8)10-4-7(14(17)18)2-3-12-10/h2-4,8-9H,5-6H2,1H3,(H,15,16). The van der Waals surface area contributed by atoms with Crippen molar-refractivity contribution in [1.82, 2.24) is 4.98 Å². The highest BCUT2D eigenvalue weighted by Crippen LogP contribution is 2.27. The van der Waals surface area contributed by atoms with Gasteiger partial charge in [-0.3, -0.25) is 10.1 Å². The molecule has 8 heteroatoms. The molecule has 0 amide bonds. The summed E-state index contributed by atoms with van der Waals surface area (Å²) in [4.78, 5) is 26.9. The molecule has 2 atom stereocenters. The van der Waals surface area contributed by atoms with Crippen LogP contribution in [0.15, 0.2) is 18.3 Å². The van der Waals surface area contributed by atoms with Crippen molar-refractivity contribution in [3.05, 3.63) is 28.4 Å². The van der Waals surface area contributed by atoms with Gasteiger partial charge in [-0.1, -0.05) is 0 Å². The zero-order valence-electron chi connectivity index (χ0n) is 10.2. The molecular formula is C11H13N3O5. The number of ether oxygens (including phenoxy) is 1. The molecule has 1 saturated heterocycles. The number of carbonyl (C=O) groups is 1. The van der Waals surface area contributed by atoms with Gasteiger partial charge in [-0.2, -0.15) is 0 Å². The van der Waals surface area contributed by atoms with Crippen LogP contribution in [-0.2, 0) is 9.53 Å². The Morgan fingerprint density at radius 3 is 3.00 bits per heavy atom. The minimum Gasteiger partial charge on any atom is -0.480 e. The van der Waals surface area contributed by atoms with Crippen LogP contribution in [0.1, 0.15) is 6.42 Å². The van der Waals surface area contributed by atoms with Gasteiger partial charge in [0.15, 0.2) is 0 Å². The van der Waals surface area contributed by atoms with Gasteiger partial charge in [-0.15, -0.1) is 0 Å². The first-order chi connectivity index (χ1) is 9.02. The van der Waals surface area contributed by atoms with Crippen molar-refractivity contribution in [1.29, 1.82) is 0 Å². The predicted octanol–water partition coefficient (Wildman–Crippen LogP) is 0.668. The Balaban J connectivity index is 2.31. The van der Waals surface area contributed by atoms with Crippen LogP contribution in [0.2, 0.25) is 0 Å². The first-order valence-electron chi connectivity index (χ1n) is 5.65. The Bertz CT molecular complexity index is 507. The molecule has 1 aliphatic heterocycles. The van der Waals surface area contributed by atoms with Crippen molar-refractivity contribution in [2.24, 2.45) is 0 Å². The molecule has 2 heterocycles. The van der Waals surface area contributed by atoms with Crippen molar-refractivity contribution < 1.29 is 19.6 Å². The summed E-state index contributed by atoms with van der Waals surface area (Å²) < 4.78 is 5.15. The van der Waals surface area contributed by atoms with Gasteiger partial charge < -0.3 is 14.7 Å². The fourth-order valence-electron chi connectivity index (χ4n) is 2.13. The number of carboxylic acids is 1. The molecular weight excluding hydrogens is 254 g/mol. The first kappa shape index (κ1) is 13.2. The van der Waals surface area contributed by atoms with Gasteiger partial charge in [0.05, 0.1) is 17.1 Å². The van der Waals surface area contributed by atoms with Crippen molar-refractivity contribution in [3.63, 3.8) is 0 Å². The van der Waals surface area contributed by atoms with E-state index in [9.17, 15) is 20.0 Å². The highest BCUT2D eigenvalue weighted by molar-refractivity contribution is 5.78. The van der Waals surface area contributed by atoms with E-state index in [1.54, 1.807) is 0 Å². The maximum absolute atomic E-state index is 11.2. The average Bonchev–Trinajstić information content (AvgIpc) is 2.83. The average molecular weight is 267 g/mol. The summed E-state index contributed by atoms with van der Waals surface area (Å²) in [6.45, 7) is 0.349. The van der Waals surface area contributed by atoms with Crippen LogP contribution in [0.3, 0.4) is 0 Å². The lowest BCUT2D eigenvalue weighted by Gasteiger charge is -2.21. The summed E-state index contributed by atoms with van der Waals surface area (Å²) in [5, 5.41) is 19.9. The number of carboxylic acid groups (broad SMARTS) is 1. The first-order valence-corrected chi connectivity index (χ1v) is 5.65. The second-order valence-corrected chi connectivity index (χ2v) is 4.23. The van der Waals surface area contributed by atoms with E-state index in [-0.39, 0.29) is 17.6 Å². The molecule has 102 valence electrons. The lowest BCUT2D eigenvalue weighted by Crippen LogP contribution is -2.36. The van der Waals surface area contributed by atoms with Crippen LogP contribution in [0, 0.1) is 10.1 Å². The molecule has 0 aliphatic carbocycles. The van der Waals surface area contributed by atoms with Gasteiger partial charge in [-0.25, -0.2) is 9.78 Å². The van der Waals surface area contributed by atoms with Crippen LogP contribution in [-0.4, -0.2) is 46.8 Å². The van der Waals surface area contributed by atoms with Crippen molar-refractivity contribution in [3.8, 4) is 0 Å². The lowest BCUT2D eigenvalue weighted by atomic mass is 10.2. The third-order valence-corrected chi connectivity index (χ3v) is 3.12. The minimum atomic E-state index is -0.993. The van der Waals surface area contributed by atoms with E-state index in [1.165, 1.54) is 30.3 Å². The largest absolute Gasteiger partial charge is 0.480 e. The summed E-state index contributed by atoms with van der Waals surface area (Å²) in [6, 6.07) is 1.76. The molecule has 0 aromatic carbocycles. The van der Waals surface area contributed by atoms with Crippen LogP contribution >= 0.6 is 0 Å². The zero-order chi connectivity index (χ0) is 14.0. The number of pyridine rings is 1. The van der Waals surface area contributed by atoms with Gasteiger partial charge in [0.25, 0.3) is 5.69 Å². The Morgan fingerprint density at radius 1 is 1.68 bits per heavy atom. The van der Waals surface area contributed by atoms with E-state index in [4.69, 9.17) is 4.74 Å². The molecule has 1 aromatic heterocycles. The Labute approximate surface area is 108 Å². The quantitative estimate of drug-likeness (QED) is 0.631. The Kier molecular flexibility index (Phi) is 3.61. The minimum absolute atomic E-state index is 0.116. The van der Waals surface area contributed by atoms with Gasteiger partial charge in [0.2, 0.25) is 0 Å². The monoisotopic (exact) mass is 267 g/mol. The number of hydrogen-bond acceptors (Lipinski definition) is 6. The smallest absolute Gasteiger partial charge is 0.326 e. The predicted molar refractivity (Wildman–Crippen MR) is 65.1 cm³/mol. The van der Waals surface area contributed by atoms with E-state index in [1.807, 2.05) is 0 Å². The van der Waals surface area contributed by atoms with E-state index in [2.05, 4.69) is 4.98 Å². The van der Waals surface area contributed by atoms with E-state index >= 15 is 0 Å². The van der Waals surface area contributed by atoms with E-state index < -0.39 is 16.9 Å². The molecule has 2 unspecified atom stereocenters. The number of rotatable bonds is 4. The van der Waals surface area contributed by atoms with Gasteiger partial charge in [0, 0.05) is 32.3 Å². The summed E-state index contributed by atoms with van der Waals surface area (Å²) in [5.74, 6) is -0.714. The van der Waals surface area contributed by atoms with Gasteiger partial charge in [-0.05, 0) is 0 Å². The summed E-state index contributed by atoms with van der Waals surface area (Å²) in [6.07, 6.45) is 1.41. The SMILES string of the molecule is COC1CC(C(=O)O)N(c2cc([N+](=O)[O-])ccn2)C1. The van der Waals surface area contributed by atoms with Gasteiger partial charge in [0.1, 0.15) is 11.9 Å². The Morgan fingerprint density at radius 2 is 2.42 bits per heavy atom. The lowest BCUT2D eigenvalue weighted by molar-refractivity contribution is -0.384. The summed E-state index contributed by atoms with van der Waals surface area (Å²) in [7, 11) is 1.51. The number of anilines is 1. The second kappa shape index (κ2) is 5.19. The molecule has 0 spiro atoms. The highest BCUT2D eigenvalue weighted by atomic mass is 16.6. The van der Waals surface area contributed by atoms with Crippen LogP contribution in [0.25, 0.3) is 0 Å². The molecule has 1 aliphatic rings. The van der Waals surface area contributed by atoms with Crippen LogP contribution < -0.4 is 4.90 Å². The maximum atomic E-state index is 11.2. The van der Waals surface area contributed by atoms with Crippen LogP contribution in [0.5, 0.6) is 0 Å². The number of aliphatic carboxylic acids is 1. The van der Waals surface area contributed by atoms with Crippen molar-refractivity contribution in [2.45, 2.75) is 18.6 Å². The van der Waals surface area contributed by atoms with Gasteiger partial charge >= 0.3 is 5.97 Å². The second-order valence-electron chi connectivity index (χ2n) is 4.23. The highest BCUT2D eigenvalue weighted by Gasteiger charge is 2.38. The third-order valence-electron chi connectivity index (χ3n) is 3.12. The molecule has 2 rings (SSSR count). The molecule has 0 saturated carbocycles. The number of nitrogens with zero attached hydrogens (tertiary/aromatic N) is 3. The summed E-state index contributed by atoms with van der Waals surface area (Å²) in [5.41, 5.74) is -0.116. The van der Waals surface area contributed by atoms with E-state index in [0.29, 0.717) is 13.0 Å². The fourth-order valence-corrected chi connectivity index (χ4v) is 2.13. The van der Waals surface area contributed by atoms with Crippen LogP contribution in [0.4, 0.5) is 11.5 Å². The molecule has 1 N–H and O–H groups in total. The zero-order valence-corrected chi connectivity index (χ0v) is 10.2. The fraction of sp³-hybridized carbons (Fsp3) is 0.455. The molecule has 1 aromatic rings. The topological polar surface area (TPSA) is 106 Å².